The molecule has 0 bridgehead atoms. The second-order valence-electron chi connectivity index (χ2n) is 7.82. The smallest absolute Gasteiger partial charge is 0.246 e. The lowest BCUT2D eigenvalue weighted by Gasteiger charge is -2.44. The van der Waals surface area contributed by atoms with Gasteiger partial charge in [-0.05, 0) is 71.2 Å². The first kappa shape index (κ1) is 23.3. The van der Waals surface area contributed by atoms with Crippen LogP contribution in [-0.4, -0.2) is 55.1 Å². The van der Waals surface area contributed by atoms with Gasteiger partial charge in [0.1, 0.15) is 21.8 Å². The Morgan fingerprint density at radius 2 is 1.71 bits per heavy atom. The van der Waals surface area contributed by atoms with Gasteiger partial charge in [0.2, 0.25) is 5.91 Å². The number of amides is 1. The molecular formula is C24H28BrFN2O3. The minimum absolute atomic E-state index is 0.0263. The van der Waals surface area contributed by atoms with Crippen LogP contribution in [0.5, 0.6) is 11.5 Å². The van der Waals surface area contributed by atoms with E-state index in [0.717, 1.165) is 28.7 Å². The molecule has 0 radical (unpaired) electrons. The minimum Gasteiger partial charge on any atom is -0.495 e. The SMILES string of the molecule is COc1cc(/C=C/C(=O)N2CC(C)N(Cc3ccc(F)cc3)CC2C)cc(OC)c1Br. The third-order valence-electron chi connectivity index (χ3n) is 5.58. The van der Waals surface area contributed by atoms with Gasteiger partial charge in [-0.3, -0.25) is 9.69 Å². The van der Waals surface area contributed by atoms with E-state index in [1.54, 1.807) is 26.4 Å². The number of hydrogen-bond donors (Lipinski definition) is 0. The van der Waals surface area contributed by atoms with Crippen molar-refractivity contribution in [2.24, 2.45) is 0 Å². The molecule has 0 aliphatic carbocycles. The van der Waals surface area contributed by atoms with Crippen LogP contribution in [0.4, 0.5) is 4.39 Å². The fourth-order valence-corrected chi connectivity index (χ4v) is 4.35. The lowest BCUT2D eigenvalue weighted by molar-refractivity contribution is -0.131. The highest BCUT2D eigenvalue weighted by Gasteiger charge is 2.31. The quantitative estimate of drug-likeness (QED) is 0.548. The van der Waals surface area contributed by atoms with Gasteiger partial charge in [0.15, 0.2) is 0 Å². The molecule has 1 fully saturated rings. The maximum absolute atomic E-state index is 13.2. The topological polar surface area (TPSA) is 42.0 Å². The molecule has 3 rings (SSSR count). The van der Waals surface area contributed by atoms with E-state index >= 15 is 0 Å². The van der Waals surface area contributed by atoms with Gasteiger partial charge in [-0.15, -0.1) is 0 Å². The number of hydrogen-bond acceptors (Lipinski definition) is 4. The molecule has 1 amide bonds. The monoisotopic (exact) mass is 490 g/mol. The van der Waals surface area contributed by atoms with Gasteiger partial charge < -0.3 is 14.4 Å². The molecule has 7 heteroatoms. The molecule has 0 aromatic heterocycles. The van der Waals surface area contributed by atoms with Gasteiger partial charge in [0.05, 0.1) is 14.2 Å². The van der Waals surface area contributed by atoms with E-state index in [9.17, 15) is 9.18 Å². The average Bonchev–Trinajstić information content (AvgIpc) is 2.76. The first-order valence-corrected chi connectivity index (χ1v) is 11.0. The zero-order valence-corrected chi connectivity index (χ0v) is 19.9. The molecule has 2 unspecified atom stereocenters. The van der Waals surface area contributed by atoms with E-state index in [0.29, 0.717) is 18.0 Å². The van der Waals surface area contributed by atoms with Crippen molar-refractivity contribution in [2.45, 2.75) is 32.5 Å². The Morgan fingerprint density at radius 3 is 2.29 bits per heavy atom. The summed E-state index contributed by atoms with van der Waals surface area (Å²) < 4.78 is 24.6. The Labute approximate surface area is 191 Å². The summed E-state index contributed by atoms with van der Waals surface area (Å²) in [5.41, 5.74) is 1.89. The summed E-state index contributed by atoms with van der Waals surface area (Å²) in [6.07, 6.45) is 3.38. The van der Waals surface area contributed by atoms with Crippen molar-refractivity contribution in [3.63, 3.8) is 0 Å². The Morgan fingerprint density at radius 1 is 1.10 bits per heavy atom. The minimum atomic E-state index is -0.228. The molecule has 2 atom stereocenters. The molecule has 0 saturated carbocycles. The van der Waals surface area contributed by atoms with Gasteiger partial charge in [-0.1, -0.05) is 12.1 Å². The number of carbonyl (C=O) groups excluding carboxylic acids is 1. The Hall–Kier alpha value is -2.38. The Balaban J connectivity index is 1.67. The Kier molecular flexibility index (Phi) is 7.73. The predicted octanol–water partition coefficient (Wildman–Crippen LogP) is 4.74. The van der Waals surface area contributed by atoms with Crippen molar-refractivity contribution < 1.29 is 18.7 Å². The highest BCUT2D eigenvalue weighted by molar-refractivity contribution is 9.10. The summed E-state index contributed by atoms with van der Waals surface area (Å²) in [5.74, 6) is 1.03. The van der Waals surface area contributed by atoms with Gasteiger partial charge in [-0.2, -0.15) is 0 Å². The van der Waals surface area contributed by atoms with Crippen LogP contribution in [0.25, 0.3) is 6.08 Å². The maximum atomic E-state index is 13.2. The average molecular weight is 491 g/mol. The van der Waals surface area contributed by atoms with Gasteiger partial charge in [0.25, 0.3) is 0 Å². The van der Waals surface area contributed by atoms with Gasteiger partial charge in [-0.25, -0.2) is 4.39 Å². The van der Waals surface area contributed by atoms with Crippen molar-refractivity contribution >= 4 is 27.9 Å². The zero-order valence-electron chi connectivity index (χ0n) is 18.3. The van der Waals surface area contributed by atoms with Crippen molar-refractivity contribution in [2.75, 3.05) is 27.3 Å². The molecule has 2 aromatic rings. The first-order chi connectivity index (χ1) is 14.8. The first-order valence-electron chi connectivity index (χ1n) is 10.2. The van der Waals surface area contributed by atoms with Crippen LogP contribution in [0.1, 0.15) is 25.0 Å². The van der Waals surface area contributed by atoms with E-state index in [2.05, 4.69) is 34.7 Å². The molecule has 1 saturated heterocycles. The second kappa shape index (κ2) is 10.3. The van der Waals surface area contributed by atoms with E-state index < -0.39 is 0 Å². The molecule has 166 valence electrons. The molecule has 0 spiro atoms. The van der Waals surface area contributed by atoms with Crippen molar-refractivity contribution in [3.05, 3.63) is 63.9 Å². The van der Waals surface area contributed by atoms with Crippen LogP contribution >= 0.6 is 15.9 Å². The molecule has 2 aromatic carbocycles. The summed E-state index contributed by atoms with van der Waals surface area (Å²) in [4.78, 5) is 17.1. The fraction of sp³-hybridized carbons (Fsp3) is 0.375. The number of methoxy groups -OCH3 is 2. The summed E-state index contributed by atoms with van der Waals surface area (Å²) in [6.45, 7) is 6.31. The number of carbonyl (C=O) groups is 1. The lowest BCUT2D eigenvalue weighted by Crippen LogP contribution is -2.57. The maximum Gasteiger partial charge on any atom is 0.246 e. The number of piperazine rings is 1. The van der Waals surface area contributed by atoms with E-state index in [4.69, 9.17) is 9.47 Å². The number of halogens is 2. The largest absolute Gasteiger partial charge is 0.495 e. The predicted molar refractivity (Wildman–Crippen MR) is 124 cm³/mol. The van der Waals surface area contributed by atoms with E-state index in [1.165, 1.54) is 12.1 Å². The number of ether oxygens (including phenoxy) is 2. The van der Waals surface area contributed by atoms with Crippen molar-refractivity contribution in [1.82, 2.24) is 9.80 Å². The number of benzene rings is 2. The summed E-state index contributed by atoms with van der Waals surface area (Å²) in [7, 11) is 3.18. The third kappa shape index (κ3) is 5.66. The van der Waals surface area contributed by atoms with Crippen LogP contribution in [0.15, 0.2) is 46.9 Å². The molecule has 31 heavy (non-hydrogen) atoms. The van der Waals surface area contributed by atoms with Crippen LogP contribution in [-0.2, 0) is 11.3 Å². The lowest BCUT2D eigenvalue weighted by atomic mass is 10.1. The van der Waals surface area contributed by atoms with Crippen LogP contribution in [0.2, 0.25) is 0 Å². The normalized spacial score (nSPS) is 19.6. The number of rotatable bonds is 6. The fourth-order valence-electron chi connectivity index (χ4n) is 3.80. The molecule has 1 aliphatic heterocycles. The van der Waals surface area contributed by atoms with E-state index in [-0.39, 0.29) is 23.8 Å². The summed E-state index contributed by atoms with van der Waals surface area (Å²) in [6, 6.07) is 10.6. The van der Waals surface area contributed by atoms with Crippen LogP contribution in [0, 0.1) is 5.82 Å². The second-order valence-corrected chi connectivity index (χ2v) is 8.61. The molecule has 1 aliphatic rings. The standard InChI is InChI=1S/C24H28BrFN2O3/c1-16-14-28(17(2)13-27(16)15-18-5-8-20(26)9-6-18)23(29)10-7-19-11-21(30-3)24(25)22(12-19)31-4/h5-12,16-17H,13-15H2,1-4H3/b10-7+. The van der Waals surface area contributed by atoms with Gasteiger partial charge >= 0.3 is 0 Å². The van der Waals surface area contributed by atoms with Gasteiger partial charge in [0, 0.05) is 37.8 Å². The van der Waals surface area contributed by atoms with E-state index in [1.807, 2.05) is 29.2 Å². The molecule has 1 heterocycles. The molecule has 5 nitrogen and oxygen atoms in total. The van der Waals surface area contributed by atoms with Crippen molar-refractivity contribution in [1.29, 1.82) is 0 Å². The number of nitrogens with zero attached hydrogens (tertiary/aromatic N) is 2. The summed E-state index contributed by atoms with van der Waals surface area (Å²) >= 11 is 3.45. The highest BCUT2D eigenvalue weighted by atomic mass is 79.9. The molecule has 0 N–H and O–H groups in total. The highest BCUT2D eigenvalue weighted by Crippen LogP contribution is 2.36. The summed E-state index contributed by atoms with van der Waals surface area (Å²) in [5, 5.41) is 0. The van der Waals surface area contributed by atoms with Crippen LogP contribution < -0.4 is 9.47 Å². The van der Waals surface area contributed by atoms with Crippen LogP contribution in [0.3, 0.4) is 0 Å². The third-order valence-corrected chi connectivity index (χ3v) is 6.37. The molecular weight excluding hydrogens is 463 g/mol. The van der Waals surface area contributed by atoms with Crippen molar-refractivity contribution in [3.8, 4) is 11.5 Å². The Bertz CT molecular complexity index is 923. The zero-order chi connectivity index (χ0) is 22.5.